The molecule has 0 atom stereocenters. The number of terminal acetylenes is 1. The Balaban J connectivity index is 2.73. The topological polar surface area (TPSA) is 25.2 Å². The van der Waals surface area contributed by atoms with Crippen molar-refractivity contribution < 1.29 is 0 Å². The highest BCUT2D eigenvalue weighted by Gasteiger charge is 2.06. The van der Waals surface area contributed by atoms with Gasteiger partial charge in [0, 0.05) is 5.71 Å². The Hall–Kier alpha value is -1.66. The van der Waals surface area contributed by atoms with E-state index in [0.717, 1.165) is 32.2 Å². The Morgan fingerprint density at radius 1 is 1.44 bits per heavy atom. The first-order chi connectivity index (χ1) is 7.60. The van der Waals surface area contributed by atoms with Gasteiger partial charge in [0.2, 0.25) is 0 Å². The molecule has 0 radical (unpaired) electrons. The van der Waals surface area contributed by atoms with Gasteiger partial charge in [0.05, 0.1) is 26.5 Å². The SMILES string of the molecule is C#Cc1cc2nc(C)sc2cc1N=C(C)C. The van der Waals surface area contributed by atoms with Crippen molar-refractivity contribution in [3.8, 4) is 12.3 Å². The third-order valence-electron chi connectivity index (χ3n) is 2.11. The second-order valence-electron chi connectivity index (χ2n) is 3.77. The van der Waals surface area contributed by atoms with Crippen molar-refractivity contribution >= 4 is 33.0 Å². The van der Waals surface area contributed by atoms with Gasteiger partial charge < -0.3 is 0 Å². The summed E-state index contributed by atoms with van der Waals surface area (Å²) < 4.78 is 1.14. The van der Waals surface area contributed by atoms with Crippen LogP contribution in [-0.4, -0.2) is 10.7 Å². The number of hydrogen-bond acceptors (Lipinski definition) is 3. The van der Waals surface area contributed by atoms with Gasteiger partial charge in [0.1, 0.15) is 0 Å². The molecular formula is C13H12N2S. The lowest BCUT2D eigenvalue weighted by atomic mass is 10.1. The molecule has 0 aliphatic heterocycles. The average molecular weight is 228 g/mol. The molecule has 0 saturated heterocycles. The van der Waals surface area contributed by atoms with E-state index in [1.165, 1.54) is 0 Å². The number of nitrogens with zero attached hydrogens (tertiary/aromatic N) is 2. The van der Waals surface area contributed by atoms with Gasteiger partial charge in [-0.25, -0.2) is 4.98 Å². The quantitative estimate of drug-likeness (QED) is 0.539. The molecule has 0 bridgehead atoms. The molecular weight excluding hydrogens is 216 g/mol. The molecule has 0 saturated carbocycles. The van der Waals surface area contributed by atoms with Gasteiger partial charge >= 0.3 is 0 Å². The maximum Gasteiger partial charge on any atom is 0.0907 e. The minimum atomic E-state index is 0.805. The maximum atomic E-state index is 5.48. The minimum absolute atomic E-state index is 0.805. The number of hydrogen-bond donors (Lipinski definition) is 0. The lowest BCUT2D eigenvalue weighted by molar-refractivity contribution is 1.34. The van der Waals surface area contributed by atoms with E-state index in [2.05, 4.69) is 15.9 Å². The second kappa shape index (κ2) is 4.07. The largest absolute Gasteiger partial charge is 0.257 e. The summed E-state index contributed by atoms with van der Waals surface area (Å²) in [5, 5.41) is 1.05. The van der Waals surface area contributed by atoms with Crippen LogP contribution >= 0.6 is 11.3 Å². The Morgan fingerprint density at radius 3 is 2.81 bits per heavy atom. The van der Waals surface area contributed by atoms with E-state index in [-0.39, 0.29) is 0 Å². The van der Waals surface area contributed by atoms with Crippen LogP contribution in [0.5, 0.6) is 0 Å². The fourth-order valence-corrected chi connectivity index (χ4v) is 2.37. The molecule has 0 amide bonds. The molecule has 0 aliphatic carbocycles. The predicted molar refractivity (Wildman–Crippen MR) is 70.7 cm³/mol. The highest BCUT2D eigenvalue weighted by atomic mass is 32.1. The lowest BCUT2D eigenvalue weighted by Crippen LogP contribution is -1.82. The summed E-state index contributed by atoms with van der Waals surface area (Å²) in [7, 11) is 0. The molecule has 0 aliphatic rings. The fraction of sp³-hybridized carbons (Fsp3) is 0.231. The molecule has 3 heteroatoms. The highest BCUT2D eigenvalue weighted by molar-refractivity contribution is 7.18. The van der Waals surface area contributed by atoms with Gasteiger partial charge in [-0.15, -0.1) is 17.8 Å². The number of fused-ring (bicyclic) bond motifs is 1. The average Bonchev–Trinajstić information content (AvgIpc) is 2.55. The Labute approximate surface area is 99.1 Å². The summed E-state index contributed by atoms with van der Waals surface area (Å²) in [6.07, 6.45) is 5.48. The van der Waals surface area contributed by atoms with Gasteiger partial charge in [0.15, 0.2) is 0 Å². The van der Waals surface area contributed by atoms with Gasteiger partial charge in [-0.2, -0.15) is 0 Å². The van der Waals surface area contributed by atoms with Crippen LogP contribution in [0.15, 0.2) is 17.1 Å². The van der Waals surface area contributed by atoms with Crippen molar-refractivity contribution in [3.05, 3.63) is 22.7 Å². The third-order valence-corrected chi connectivity index (χ3v) is 3.05. The number of rotatable bonds is 1. The number of benzene rings is 1. The molecule has 0 N–H and O–H groups in total. The van der Waals surface area contributed by atoms with Crippen molar-refractivity contribution in [2.45, 2.75) is 20.8 Å². The molecule has 80 valence electrons. The summed E-state index contributed by atoms with van der Waals surface area (Å²) in [5.74, 6) is 2.66. The van der Waals surface area contributed by atoms with E-state index < -0.39 is 0 Å². The summed E-state index contributed by atoms with van der Waals surface area (Å²) in [4.78, 5) is 8.86. The molecule has 2 rings (SSSR count). The molecule has 0 unspecified atom stereocenters. The summed E-state index contributed by atoms with van der Waals surface area (Å²) in [6, 6.07) is 3.95. The molecule has 1 aromatic heterocycles. The summed E-state index contributed by atoms with van der Waals surface area (Å²) in [5.41, 5.74) is 3.62. The van der Waals surface area contributed by atoms with Gasteiger partial charge in [0.25, 0.3) is 0 Å². The Kier molecular flexibility index (Phi) is 2.76. The molecule has 1 heterocycles. The fourth-order valence-electron chi connectivity index (χ4n) is 1.53. The first-order valence-electron chi connectivity index (χ1n) is 5.00. The van der Waals surface area contributed by atoms with Crippen LogP contribution in [0.2, 0.25) is 0 Å². The van der Waals surface area contributed by atoms with Crippen molar-refractivity contribution in [1.29, 1.82) is 0 Å². The number of aryl methyl sites for hydroxylation is 1. The van der Waals surface area contributed by atoms with Crippen molar-refractivity contribution in [2.75, 3.05) is 0 Å². The second-order valence-corrected chi connectivity index (χ2v) is 5.01. The smallest absolute Gasteiger partial charge is 0.0907 e. The predicted octanol–water partition coefficient (Wildman–Crippen LogP) is 3.70. The molecule has 2 aromatic rings. The van der Waals surface area contributed by atoms with Gasteiger partial charge in [-0.3, -0.25) is 4.99 Å². The maximum absolute atomic E-state index is 5.48. The summed E-state index contributed by atoms with van der Waals surface area (Å²) >= 11 is 1.66. The van der Waals surface area contributed by atoms with Crippen LogP contribution in [0.4, 0.5) is 5.69 Å². The number of aliphatic imine (C=N–C) groups is 1. The molecule has 0 spiro atoms. The highest BCUT2D eigenvalue weighted by Crippen LogP contribution is 2.29. The van der Waals surface area contributed by atoms with Crippen molar-refractivity contribution in [1.82, 2.24) is 4.98 Å². The zero-order valence-corrected chi connectivity index (χ0v) is 10.4. The first kappa shape index (κ1) is 10.8. The van der Waals surface area contributed by atoms with E-state index in [1.807, 2.05) is 32.9 Å². The summed E-state index contributed by atoms with van der Waals surface area (Å²) in [6.45, 7) is 5.92. The van der Waals surface area contributed by atoms with Crippen LogP contribution in [0, 0.1) is 19.3 Å². The lowest BCUT2D eigenvalue weighted by Gasteiger charge is -1.99. The monoisotopic (exact) mass is 228 g/mol. The van der Waals surface area contributed by atoms with Crippen LogP contribution in [0.3, 0.4) is 0 Å². The normalized spacial score (nSPS) is 10.1. The van der Waals surface area contributed by atoms with E-state index in [4.69, 9.17) is 6.42 Å². The van der Waals surface area contributed by atoms with E-state index in [0.29, 0.717) is 0 Å². The van der Waals surface area contributed by atoms with Crippen LogP contribution in [0.1, 0.15) is 24.4 Å². The molecule has 2 nitrogen and oxygen atoms in total. The number of thiazole rings is 1. The van der Waals surface area contributed by atoms with Crippen LogP contribution in [-0.2, 0) is 0 Å². The number of aromatic nitrogens is 1. The third kappa shape index (κ3) is 1.98. The van der Waals surface area contributed by atoms with E-state index >= 15 is 0 Å². The van der Waals surface area contributed by atoms with Gasteiger partial charge in [-0.05, 0) is 32.9 Å². The Bertz CT molecular complexity index is 611. The van der Waals surface area contributed by atoms with Gasteiger partial charge in [-0.1, -0.05) is 5.92 Å². The first-order valence-corrected chi connectivity index (χ1v) is 5.81. The van der Waals surface area contributed by atoms with Crippen molar-refractivity contribution in [2.24, 2.45) is 4.99 Å². The van der Waals surface area contributed by atoms with E-state index in [9.17, 15) is 0 Å². The standard InChI is InChI=1S/C13H12N2S/c1-5-10-6-12-13(16-9(4)15-12)7-11(10)14-8(2)3/h1,6-7H,2-4H3. The molecule has 16 heavy (non-hydrogen) atoms. The van der Waals surface area contributed by atoms with Crippen LogP contribution < -0.4 is 0 Å². The van der Waals surface area contributed by atoms with E-state index in [1.54, 1.807) is 11.3 Å². The zero-order chi connectivity index (χ0) is 11.7. The zero-order valence-electron chi connectivity index (χ0n) is 9.53. The molecule has 0 fully saturated rings. The van der Waals surface area contributed by atoms with Crippen LogP contribution in [0.25, 0.3) is 10.2 Å². The minimum Gasteiger partial charge on any atom is -0.257 e. The molecule has 1 aromatic carbocycles. The Morgan fingerprint density at radius 2 is 2.19 bits per heavy atom. The van der Waals surface area contributed by atoms with Crippen molar-refractivity contribution in [3.63, 3.8) is 0 Å².